The first kappa shape index (κ1) is 16.7. The van der Waals surface area contributed by atoms with Gasteiger partial charge in [0, 0.05) is 14.7 Å². The van der Waals surface area contributed by atoms with Crippen molar-refractivity contribution in [2.45, 2.75) is 14.7 Å². The van der Waals surface area contributed by atoms with Crippen molar-refractivity contribution in [1.29, 1.82) is 0 Å². The second-order valence-corrected chi connectivity index (χ2v) is 7.23. The van der Waals surface area contributed by atoms with Crippen LogP contribution in [0.25, 0.3) is 0 Å². The number of carbonyl (C=O) groups is 1. The molecule has 0 radical (unpaired) electrons. The number of benzene rings is 3. The molecular weight excluding hydrogens is 334 g/mol. The van der Waals surface area contributed by atoms with Gasteiger partial charge in [0.05, 0.1) is 11.4 Å². The predicted octanol–water partition coefficient (Wildman–Crippen LogP) is 5.57. The van der Waals surface area contributed by atoms with Gasteiger partial charge in [0.25, 0.3) is 0 Å². The van der Waals surface area contributed by atoms with Crippen LogP contribution in [0.3, 0.4) is 0 Å². The zero-order valence-corrected chi connectivity index (χ0v) is 14.6. The van der Waals surface area contributed by atoms with E-state index in [1.165, 1.54) is 11.8 Å². The Labute approximate surface area is 150 Å². The lowest BCUT2D eigenvalue weighted by atomic mass is 10.3. The Morgan fingerprint density at radius 3 is 2.04 bits per heavy atom. The van der Waals surface area contributed by atoms with E-state index < -0.39 is 0 Å². The molecule has 0 fully saturated rings. The number of nitrogens with one attached hydrogen (secondary N) is 1. The molecule has 120 valence electrons. The molecule has 24 heavy (non-hydrogen) atoms. The van der Waals surface area contributed by atoms with E-state index in [4.69, 9.17) is 0 Å². The minimum atomic E-state index is 0.00460. The van der Waals surface area contributed by atoms with Crippen molar-refractivity contribution in [3.8, 4) is 0 Å². The van der Waals surface area contributed by atoms with Crippen molar-refractivity contribution < 1.29 is 4.79 Å². The van der Waals surface area contributed by atoms with Crippen LogP contribution in [0.2, 0.25) is 0 Å². The van der Waals surface area contributed by atoms with Crippen molar-refractivity contribution in [2.24, 2.45) is 0 Å². The zero-order valence-electron chi connectivity index (χ0n) is 13.0. The summed E-state index contributed by atoms with van der Waals surface area (Å²) >= 11 is 3.19. The van der Waals surface area contributed by atoms with Gasteiger partial charge in [-0.2, -0.15) is 0 Å². The van der Waals surface area contributed by atoms with Crippen molar-refractivity contribution in [3.05, 3.63) is 84.9 Å². The summed E-state index contributed by atoms with van der Waals surface area (Å²) in [5.74, 6) is 0.402. The lowest BCUT2D eigenvalue weighted by Gasteiger charge is -2.10. The van der Waals surface area contributed by atoms with Crippen LogP contribution in [0.1, 0.15) is 0 Å². The van der Waals surface area contributed by atoms with Crippen molar-refractivity contribution in [2.75, 3.05) is 11.1 Å². The minimum Gasteiger partial charge on any atom is -0.324 e. The average molecular weight is 351 g/mol. The molecule has 2 nitrogen and oxygen atoms in total. The lowest BCUT2D eigenvalue weighted by molar-refractivity contribution is -0.113. The molecule has 0 aromatic heterocycles. The van der Waals surface area contributed by atoms with Gasteiger partial charge in [0.1, 0.15) is 0 Å². The van der Waals surface area contributed by atoms with E-state index >= 15 is 0 Å². The van der Waals surface area contributed by atoms with Crippen molar-refractivity contribution in [3.63, 3.8) is 0 Å². The van der Waals surface area contributed by atoms with E-state index in [1.807, 2.05) is 72.8 Å². The molecule has 3 rings (SSSR count). The molecule has 0 bridgehead atoms. The number of anilines is 1. The summed E-state index contributed by atoms with van der Waals surface area (Å²) in [6.07, 6.45) is 0. The third-order valence-corrected chi connectivity index (χ3v) is 5.34. The highest BCUT2D eigenvalue weighted by atomic mass is 32.2. The fourth-order valence-corrected chi connectivity index (χ4v) is 3.77. The summed E-state index contributed by atoms with van der Waals surface area (Å²) in [6, 6.07) is 28.0. The molecule has 1 N–H and O–H groups in total. The number of para-hydroxylation sites is 1. The zero-order chi connectivity index (χ0) is 16.6. The standard InChI is InChI=1S/C20H17NOS2/c22-20(15-23-16-9-3-1-4-10-16)21-18-13-7-8-14-19(18)24-17-11-5-2-6-12-17/h1-14H,15H2,(H,21,22). The minimum absolute atomic E-state index is 0.00460. The Balaban J connectivity index is 1.63. The molecule has 0 aliphatic heterocycles. The maximum atomic E-state index is 12.2. The maximum Gasteiger partial charge on any atom is 0.234 e. The van der Waals surface area contributed by atoms with E-state index in [-0.39, 0.29) is 5.91 Å². The number of rotatable bonds is 6. The summed E-state index contributed by atoms with van der Waals surface area (Å²) in [6.45, 7) is 0. The summed E-state index contributed by atoms with van der Waals surface area (Å²) in [5, 5.41) is 3.02. The average Bonchev–Trinajstić information content (AvgIpc) is 2.63. The first-order valence-corrected chi connectivity index (χ1v) is 9.41. The normalized spacial score (nSPS) is 10.3. The van der Waals surface area contributed by atoms with Crippen LogP contribution in [0.4, 0.5) is 5.69 Å². The van der Waals surface area contributed by atoms with Gasteiger partial charge in [-0.05, 0) is 36.4 Å². The van der Waals surface area contributed by atoms with Gasteiger partial charge < -0.3 is 5.32 Å². The van der Waals surface area contributed by atoms with Gasteiger partial charge in [-0.1, -0.05) is 60.3 Å². The fraction of sp³-hybridized carbons (Fsp3) is 0.0500. The Kier molecular flexibility index (Phi) is 5.99. The van der Waals surface area contributed by atoms with Crippen LogP contribution in [0.5, 0.6) is 0 Å². The second kappa shape index (κ2) is 8.62. The van der Waals surface area contributed by atoms with E-state index in [2.05, 4.69) is 17.4 Å². The number of amides is 1. The van der Waals surface area contributed by atoms with Gasteiger partial charge >= 0.3 is 0 Å². The number of hydrogen-bond acceptors (Lipinski definition) is 3. The van der Waals surface area contributed by atoms with Gasteiger partial charge in [0.2, 0.25) is 5.91 Å². The quantitative estimate of drug-likeness (QED) is 0.589. The molecule has 0 aliphatic rings. The summed E-state index contributed by atoms with van der Waals surface area (Å²) in [5.41, 5.74) is 0.852. The Hall–Kier alpha value is -2.17. The van der Waals surface area contributed by atoms with Crippen LogP contribution in [-0.2, 0) is 4.79 Å². The Morgan fingerprint density at radius 1 is 0.750 bits per heavy atom. The third-order valence-electron chi connectivity index (χ3n) is 3.25. The predicted molar refractivity (Wildman–Crippen MR) is 103 cm³/mol. The summed E-state index contributed by atoms with van der Waals surface area (Å²) < 4.78 is 0. The Morgan fingerprint density at radius 2 is 1.33 bits per heavy atom. The van der Waals surface area contributed by atoms with Gasteiger partial charge in [-0.15, -0.1) is 11.8 Å². The Bertz CT molecular complexity index is 791. The highest BCUT2D eigenvalue weighted by Crippen LogP contribution is 2.33. The van der Waals surface area contributed by atoms with Crippen LogP contribution in [-0.4, -0.2) is 11.7 Å². The SMILES string of the molecule is O=C(CSc1ccccc1)Nc1ccccc1Sc1ccccc1. The number of carbonyl (C=O) groups excluding carboxylic acids is 1. The first-order valence-electron chi connectivity index (χ1n) is 7.61. The van der Waals surface area contributed by atoms with Crippen LogP contribution < -0.4 is 5.32 Å². The van der Waals surface area contributed by atoms with Gasteiger partial charge in [-0.25, -0.2) is 0 Å². The molecule has 1 amide bonds. The molecule has 0 heterocycles. The molecule has 3 aromatic rings. The highest BCUT2D eigenvalue weighted by Gasteiger charge is 2.08. The molecule has 0 spiro atoms. The second-order valence-electron chi connectivity index (χ2n) is 5.06. The van der Waals surface area contributed by atoms with Crippen LogP contribution >= 0.6 is 23.5 Å². The van der Waals surface area contributed by atoms with Crippen molar-refractivity contribution >= 4 is 35.1 Å². The number of thioether (sulfide) groups is 1. The molecule has 0 saturated carbocycles. The van der Waals surface area contributed by atoms with E-state index in [0.717, 1.165) is 20.4 Å². The first-order chi connectivity index (χ1) is 11.8. The number of hydrogen-bond donors (Lipinski definition) is 1. The molecule has 0 atom stereocenters. The third kappa shape index (κ3) is 4.91. The van der Waals surface area contributed by atoms with E-state index in [9.17, 15) is 4.79 Å². The van der Waals surface area contributed by atoms with Gasteiger partial charge in [-0.3, -0.25) is 4.79 Å². The summed E-state index contributed by atoms with van der Waals surface area (Å²) in [7, 11) is 0. The fourth-order valence-electron chi connectivity index (χ4n) is 2.13. The topological polar surface area (TPSA) is 29.1 Å². The molecule has 0 aliphatic carbocycles. The smallest absolute Gasteiger partial charge is 0.234 e. The van der Waals surface area contributed by atoms with E-state index in [0.29, 0.717) is 5.75 Å². The monoisotopic (exact) mass is 351 g/mol. The van der Waals surface area contributed by atoms with Crippen LogP contribution in [0, 0.1) is 0 Å². The largest absolute Gasteiger partial charge is 0.324 e. The molecule has 4 heteroatoms. The van der Waals surface area contributed by atoms with Gasteiger partial charge in [0.15, 0.2) is 0 Å². The summed E-state index contributed by atoms with van der Waals surface area (Å²) in [4.78, 5) is 15.5. The highest BCUT2D eigenvalue weighted by molar-refractivity contribution is 8.00. The molecular formula is C20H17NOS2. The molecule has 3 aromatic carbocycles. The van der Waals surface area contributed by atoms with Crippen molar-refractivity contribution in [1.82, 2.24) is 0 Å². The lowest BCUT2D eigenvalue weighted by Crippen LogP contribution is -2.14. The maximum absolute atomic E-state index is 12.2. The van der Waals surface area contributed by atoms with E-state index in [1.54, 1.807) is 11.8 Å². The van der Waals surface area contributed by atoms with Crippen LogP contribution in [0.15, 0.2) is 99.6 Å². The molecule has 0 saturated heterocycles. The molecule has 0 unspecified atom stereocenters.